The third kappa shape index (κ3) is 3.48. The molecule has 3 rings (SSSR count). The first-order chi connectivity index (χ1) is 11.6. The lowest BCUT2D eigenvalue weighted by Crippen LogP contribution is -2.30. The highest BCUT2D eigenvalue weighted by Crippen LogP contribution is 2.33. The van der Waals surface area contributed by atoms with E-state index in [1.54, 1.807) is 30.3 Å². The van der Waals surface area contributed by atoms with Crippen molar-refractivity contribution in [2.45, 2.75) is 55.4 Å². The molecule has 6 heteroatoms. The van der Waals surface area contributed by atoms with E-state index in [9.17, 15) is 8.42 Å². The summed E-state index contributed by atoms with van der Waals surface area (Å²) < 4.78 is 32.0. The van der Waals surface area contributed by atoms with Gasteiger partial charge in [-0.05, 0) is 37.8 Å². The first-order valence-electron chi connectivity index (χ1n) is 8.67. The van der Waals surface area contributed by atoms with Crippen LogP contribution in [-0.4, -0.2) is 26.5 Å². The number of aryl methyl sites for hydroxylation is 1. The van der Waals surface area contributed by atoms with Crippen LogP contribution < -0.4 is 4.90 Å². The second-order valence-electron chi connectivity index (χ2n) is 6.19. The average molecular weight is 348 g/mol. The van der Waals surface area contributed by atoms with Crippen LogP contribution in [0.4, 0.5) is 5.88 Å². The zero-order chi connectivity index (χ0) is 17.0. The number of aromatic nitrogens is 1. The van der Waals surface area contributed by atoms with Gasteiger partial charge in [0.05, 0.1) is 4.90 Å². The third-order valence-electron chi connectivity index (χ3n) is 4.32. The highest BCUT2D eigenvalue weighted by atomic mass is 32.2. The SMILES string of the molecule is CCCCc1nc(S(=O)(=O)c2ccccc2)c(N2CCCCC2)o1. The monoisotopic (exact) mass is 348 g/mol. The summed E-state index contributed by atoms with van der Waals surface area (Å²) >= 11 is 0. The van der Waals surface area contributed by atoms with Gasteiger partial charge >= 0.3 is 0 Å². The molecular formula is C18H24N2O3S. The predicted molar refractivity (Wildman–Crippen MR) is 93.1 cm³/mol. The van der Waals surface area contributed by atoms with Gasteiger partial charge < -0.3 is 9.32 Å². The van der Waals surface area contributed by atoms with Gasteiger partial charge in [-0.1, -0.05) is 31.5 Å². The lowest BCUT2D eigenvalue weighted by atomic mass is 10.1. The predicted octanol–water partition coefficient (Wildman–Crippen LogP) is 3.84. The molecule has 0 atom stereocenters. The van der Waals surface area contributed by atoms with Crippen LogP contribution in [0.2, 0.25) is 0 Å². The summed E-state index contributed by atoms with van der Waals surface area (Å²) in [6.07, 6.45) is 5.90. The van der Waals surface area contributed by atoms with Crippen molar-refractivity contribution < 1.29 is 12.8 Å². The molecule has 1 saturated heterocycles. The molecule has 0 aliphatic carbocycles. The minimum Gasteiger partial charge on any atom is -0.424 e. The first kappa shape index (κ1) is 17.0. The number of benzene rings is 1. The van der Waals surface area contributed by atoms with Gasteiger partial charge in [-0.15, -0.1) is 0 Å². The van der Waals surface area contributed by atoms with E-state index in [0.717, 1.165) is 38.8 Å². The van der Waals surface area contributed by atoms with E-state index < -0.39 is 9.84 Å². The fourth-order valence-corrected chi connectivity index (χ4v) is 4.32. The first-order valence-corrected chi connectivity index (χ1v) is 10.2. The lowest BCUT2D eigenvalue weighted by Gasteiger charge is -2.26. The van der Waals surface area contributed by atoms with Crippen molar-refractivity contribution >= 4 is 15.7 Å². The van der Waals surface area contributed by atoms with Gasteiger partial charge in [0.2, 0.25) is 20.7 Å². The number of hydrogen-bond donors (Lipinski definition) is 0. The Kier molecular flexibility index (Phi) is 5.23. The second kappa shape index (κ2) is 7.38. The Morgan fingerprint density at radius 1 is 1.12 bits per heavy atom. The normalized spacial score (nSPS) is 15.6. The molecule has 0 spiro atoms. The molecule has 0 radical (unpaired) electrons. The van der Waals surface area contributed by atoms with Crippen molar-refractivity contribution in [1.82, 2.24) is 4.98 Å². The summed E-state index contributed by atoms with van der Waals surface area (Å²) in [5.74, 6) is 0.941. The van der Waals surface area contributed by atoms with Gasteiger partial charge in [0.15, 0.2) is 5.89 Å². The van der Waals surface area contributed by atoms with Crippen molar-refractivity contribution in [2.24, 2.45) is 0 Å². The summed E-state index contributed by atoms with van der Waals surface area (Å²) in [6, 6.07) is 8.47. The number of rotatable bonds is 6. The van der Waals surface area contributed by atoms with Crippen molar-refractivity contribution in [3.05, 3.63) is 36.2 Å². The molecule has 1 aliphatic rings. The summed E-state index contributed by atoms with van der Waals surface area (Å²) in [5, 5.41) is 0.0710. The lowest BCUT2D eigenvalue weighted by molar-refractivity contribution is 0.457. The van der Waals surface area contributed by atoms with Crippen molar-refractivity contribution in [1.29, 1.82) is 0 Å². The van der Waals surface area contributed by atoms with Crippen LogP contribution in [0.15, 0.2) is 44.7 Å². The highest BCUT2D eigenvalue weighted by molar-refractivity contribution is 7.91. The fraction of sp³-hybridized carbons (Fsp3) is 0.500. The summed E-state index contributed by atoms with van der Waals surface area (Å²) in [6.45, 7) is 3.73. The van der Waals surface area contributed by atoms with Gasteiger partial charge in [0, 0.05) is 19.5 Å². The standard InChI is InChI=1S/C18H24N2O3S/c1-2-3-12-16-19-17(18(23-16)20-13-8-5-9-14-20)24(21,22)15-10-6-4-7-11-15/h4,6-7,10-11H,2-3,5,8-9,12-14H2,1H3. The maximum Gasteiger partial charge on any atom is 0.236 e. The molecule has 0 unspecified atom stereocenters. The van der Waals surface area contributed by atoms with Crippen LogP contribution in [0.1, 0.15) is 44.9 Å². The van der Waals surface area contributed by atoms with Crippen LogP contribution in [0.5, 0.6) is 0 Å². The van der Waals surface area contributed by atoms with Gasteiger partial charge in [-0.2, -0.15) is 4.98 Å². The maximum atomic E-state index is 13.0. The number of nitrogens with zero attached hydrogens (tertiary/aromatic N) is 2. The zero-order valence-corrected chi connectivity index (χ0v) is 14.9. The van der Waals surface area contributed by atoms with E-state index in [0.29, 0.717) is 18.2 Å². The third-order valence-corrected chi connectivity index (χ3v) is 5.99. The Morgan fingerprint density at radius 2 is 1.83 bits per heavy atom. The average Bonchev–Trinajstić information content (AvgIpc) is 3.06. The van der Waals surface area contributed by atoms with E-state index in [2.05, 4.69) is 11.9 Å². The second-order valence-corrected chi connectivity index (χ2v) is 8.05. The minimum atomic E-state index is -3.67. The topological polar surface area (TPSA) is 63.4 Å². The Balaban J connectivity index is 2.02. The molecule has 1 aromatic carbocycles. The number of oxazole rings is 1. The van der Waals surface area contributed by atoms with Gasteiger partial charge in [-0.3, -0.25) is 0 Å². The van der Waals surface area contributed by atoms with Crippen LogP contribution in [0.3, 0.4) is 0 Å². The quantitative estimate of drug-likeness (QED) is 0.793. The molecule has 0 bridgehead atoms. The smallest absolute Gasteiger partial charge is 0.236 e. The molecule has 2 heterocycles. The van der Waals surface area contributed by atoms with Gasteiger partial charge in [0.25, 0.3) is 0 Å². The largest absolute Gasteiger partial charge is 0.424 e. The summed E-state index contributed by atoms with van der Waals surface area (Å²) in [4.78, 5) is 6.67. The molecule has 0 N–H and O–H groups in total. The number of anilines is 1. The molecule has 1 fully saturated rings. The Hall–Kier alpha value is -1.82. The number of sulfone groups is 1. The van der Waals surface area contributed by atoms with Gasteiger partial charge in [-0.25, -0.2) is 8.42 Å². The van der Waals surface area contributed by atoms with E-state index in [1.165, 1.54) is 6.42 Å². The van der Waals surface area contributed by atoms with Gasteiger partial charge in [0.1, 0.15) is 0 Å². The van der Waals surface area contributed by atoms with E-state index >= 15 is 0 Å². The molecule has 2 aromatic rings. The fourth-order valence-electron chi connectivity index (χ4n) is 2.96. The Labute approximate surface area is 143 Å². The molecule has 0 saturated carbocycles. The molecular weight excluding hydrogens is 324 g/mol. The molecule has 24 heavy (non-hydrogen) atoms. The number of hydrogen-bond acceptors (Lipinski definition) is 5. The summed E-state index contributed by atoms with van der Waals surface area (Å²) in [7, 11) is -3.67. The number of unbranched alkanes of at least 4 members (excludes halogenated alkanes) is 1. The number of piperidine rings is 1. The van der Waals surface area contributed by atoms with Crippen LogP contribution in [-0.2, 0) is 16.3 Å². The molecule has 130 valence electrons. The van der Waals surface area contributed by atoms with E-state index in [-0.39, 0.29) is 9.92 Å². The van der Waals surface area contributed by atoms with Crippen molar-refractivity contribution in [2.75, 3.05) is 18.0 Å². The molecule has 5 nitrogen and oxygen atoms in total. The molecule has 0 amide bonds. The van der Waals surface area contributed by atoms with Crippen LogP contribution >= 0.6 is 0 Å². The van der Waals surface area contributed by atoms with Crippen molar-refractivity contribution in [3.8, 4) is 0 Å². The zero-order valence-electron chi connectivity index (χ0n) is 14.1. The minimum absolute atomic E-state index is 0.0710. The Morgan fingerprint density at radius 3 is 2.50 bits per heavy atom. The van der Waals surface area contributed by atoms with Crippen LogP contribution in [0, 0.1) is 0 Å². The van der Waals surface area contributed by atoms with Crippen molar-refractivity contribution in [3.63, 3.8) is 0 Å². The molecule has 1 aromatic heterocycles. The summed E-state index contributed by atoms with van der Waals surface area (Å²) in [5.41, 5.74) is 0. The van der Waals surface area contributed by atoms with Crippen LogP contribution in [0.25, 0.3) is 0 Å². The molecule has 1 aliphatic heterocycles. The van der Waals surface area contributed by atoms with E-state index in [1.807, 2.05) is 4.90 Å². The maximum absolute atomic E-state index is 13.0. The Bertz CT molecular complexity index is 763. The highest BCUT2D eigenvalue weighted by Gasteiger charge is 2.31. The van der Waals surface area contributed by atoms with E-state index in [4.69, 9.17) is 4.42 Å².